The summed E-state index contributed by atoms with van der Waals surface area (Å²) in [4.78, 5) is 10.4. The van der Waals surface area contributed by atoms with Crippen molar-refractivity contribution in [2.24, 2.45) is 0 Å². The molecule has 0 unspecified atom stereocenters. The fourth-order valence-corrected chi connectivity index (χ4v) is 4.44. The van der Waals surface area contributed by atoms with Crippen LogP contribution in [0.1, 0.15) is 35.3 Å². The lowest BCUT2D eigenvalue weighted by Crippen LogP contribution is -2.34. The van der Waals surface area contributed by atoms with Gasteiger partial charge in [0, 0.05) is 50.7 Å². The highest BCUT2D eigenvalue weighted by molar-refractivity contribution is 7.15. The summed E-state index contributed by atoms with van der Waals surface area (Å²) in [6.45, 7) is 6.15. The Morgan fingerprint density at radius 3 is 2.83 bits per heavy atom. The van der Waals surface area contributed by atoms with Gasteiger partial charge in [-0.05, 0) is 25.9 Å². The van der Waals surface area contributed by atoms with Crippen LogP contribution in [0, 0.1) is 0 Å². The van der Waals surface area contributed by atoms with Gasteiger partial charge >= 0.3 is 0 Å². The SMILES string of the molecule is CN(C)c1ncc(CN2CCC(c3nnc4n3CCNC4)CC2)s1. The molecule has 0 bridgehead atoms. The summed E-state index contributed by atoms with van der Waals surface area (Å²) in [5.41, 5.74) is 0. The molecule has 2 aliphatic rings. The van der Waals surface area contributed by atoms with Crippen LogP contribution in [0.5, 0.6) is 0 Å². The minimum absolute atomic E-state index is 0.555. The Kier molecular flexibility index (Phi) is 4.51. The predicted octanol–water partition coefficient (Wildman–Crippen LogP) is 1.28. The number of likely N-dealkylation sites (tertiary alicyclic amines) is 1. The van der Waals surface area contributed by atoms with Gasteiger partial charge in [0.2, 0.25) is 0 Å². The van der Waals surface area contributed by atoms with Crippen molar-refractivity contribution in [1.29, 1.82) is 0 Å². The van der Waals surface area contributed by atoms with E-state index in [0.29, 0.717) is 5.92 Å². The zero-order chi connectivity index (χ0) is 16.5. The van der Waals surface area contributed by atoms with Crippen molar-refractivity contribution in [3.05, 3.63) is 22.7 Å². The average Bonchev–Trinajstić information content (AvgIpc) is 3.23. The monoisotopic (exact) mass is 347 g/mol. The molecular formula is C16H25N7S. The van der Waals surface area contributed by atoms with Crippen molar-refractivity contribution in [1.82, 2.24) is 30.0 Å². The normalized spacial score (nSPS) is 19.4. The maximum absolute atomic E-state index is 4.49. The van der Waals surface area contributed by atoms with E-state index in [2.05, 4.69) is 34.9 Å². The number of piperidine rings is 1. The van der Waals surface area contributed by atoms with E-state index < -0.39 is 0 Å². The van der Waals surface area contributed by atoms with Crippen LogP contribution in [0.15, 0.2) is 6.20 Å². The molecule has 4 rings (SSSR count). The first-order valence-corrected chi connectivity index (χ1v) is 9.49. The largest absolute Gasteiger partial charge is 0.354 e. The molecule has 1 fully saturated rings. The van der Waals surface area contributed by atoms with Gasteiger partial charge in [-0.1, -0.05) is 0 Å². The molecule has 0 aliphatic carbocycles. The van der Waals surface area contributed by atoms with Gasteiger partial charge in [-0.25, -0.2) is 4.98 Å². The maximum Gasteiger partial charge on any atom is 0.185 e. The number of nitrogens with one attached hydrogen (secondary N) is 1. The summed E-state index contributed by atoms with van der Waals surface area (Å²) in [7, 11) is 4.09. The van der Waals surface area contributed by atoms with Gasteiger partial charge in [0.05, 0.1) is 6.54 Å². The molecule has 2 aromatic heterocycles. The molecule has 7 nitrogen and oxygen atoms in total. The first kappa shape index (κ1) is 16.0. The van der Waals surface area contributed by atoms with Crippen molar-refractivity contribution < 1.29 is 0 Å². The molecule has 1 saturated heterocycles. The van der Waals surface area contributed by atoms with Gasteiger partial charge in [0.15, 0.2) is 5.13 Å². The summed E-state index contributed by atoms with van der Waals surface area (Å²) >= 11 is 1.79. The van der Waals surface area contributed by atoms with Gasteiger partial charge in [0.25, 0.3) is 0 Å². The van der Waals surface area contributed by atoms with Crippen LogP contribution in [-0.4, -0.2) is 58.4 Å². The van der Waals surface area contributed by atoms with Crippen molar-refractivity contribution in [3.8, 4) is 0 Å². The van der Waals surface area contributed by atoms with Gasteiger partial charge in [-0.2, -0.15) is 0 Å². The Bertz CT molecular complexity index is 684. The van der Waals surface area contributed by atoms with E-state index in [0.717, 1.165) is 50.2 Å². The maximum atomic E-state index is 4.49. The lowest BCUT2D eigenvalue weighted by molar-refractivity contribution is 0.201. The van der Waals surface area contributed by atoms with E-state index in [1.807, 2.05) is 20.3 Å². The highest BCUT2D eigenvalue weighted by Crippen LogP contribution is 2.29. The molecule has 0 saturated carbocycles. The van der Waals surface area contributed by atoms with E-state index in [9.17, 15) is 0 Å². The summed E-state index contributed by atoms with van der Waals surface area (Å²) in [5, 5.41) is 13.3. The Hall–Kier alpha value is -1.51. The Labute approximate surface area is 146 Å². The number of aromatic nitrogens is 4. The standard InChI is InChI=1S/C16H25N7S/c1-21(2)16-18-9-13(24-16)11-22-6-3-12(4-7-22)15-20-19-14-10-17-5-8-23(14)15/h9,12,17H,3-8,10-11H2,1-2H3. The molecule has 0 atom stereocenters. The first-order chi connectivity index (χ1) is 11.7. The third kappa shape index (κ3) is 3.18. The highest BCUT2D eigenvalue weighted by atomic mass is 32.1. The smallest absolute Gasteiger partial charge is 0.185 e. The minimum atomic E-state index is 0.555. The van der Waals surface area contributed by atoms with E-state index in [-0.39, 0.29) is 0 Å². The second-order valence-electron chi connectivity index (χ2n) is 6.86. The summed E-state index contributed by atoms with van der Waals surface area (Å²) in [6, 6.07) is 0. The lowest BCUT2D eigenvalue weighted by atomic mass is 9.95. The summed E-state index contributed by atoms with van der Waals surface area (Å²) < 4.78 is 2.34. The number of hydrogen-bond donors (Lipinski definition) is 1. The molecule has 130 valence electrons. The molecule has 0 spiro atoms. The predicted molar refractivity (Wildman–Crippen MR) is 95.4 cm³/mol. The molecule has 2 aliphatic heterocycles. The van der Waals surface area contributed by atoms with Crippen LogP contribution in [0.25, 0.3) is 0 Å². The van der Waals surface area contributed by atoms with E-state index in [1.165, 1.54) is 23.5 Å². The van der Waals surface area contributed by atoms with Crippen LogP contribution in [0.4, 0.5) is 5.13 Å². The molecule has 4 heterocycles. The number of nitrogens with zero attached hydrogens (tertiary/aromatic N) is 6. The zero-order valence-corrected chi connectivity index (χ0v) is 15.2. The second-order valence-corrected chi connectivity index (χ2v) is 7.95. The van der Waals surface area contributed by atoms with Gasteiger partial charge in [0.1, 0.15) is 11.6 Å². The van der Waals surface area contributed by atoms with Crippen LogP contribution >= 0.6 is 11.3 Å². The van der Waals surface area contributed by atoms with Gasteiger partial charge in [-0.3, -0.25) is 4.90 Å². The molecule has 2 aromatic rings. The molecule has 0 aromatic carbocycles. The highest BCUT2D eigenvalue weighted by Gasteiger charge is 2.27. The third-order valence-electron chi connectivity index (χ3n) is 4.91. The first-order valence-electron chi connectivity index (χ1n) is 8.68. The quantitative estimate of drug-likeness (QED) is 0.899. The molecule has 24 heavy (non-hydrogen) atoms. The van der Waals surface area contributed by atoms with Crippen LogP contribution < -0.4 is 10.2 Å². The Morgan fingerprint density at radius 1 is 1.25 bits per heavy atom. The molecule has 0 radical (unpaired) electrons. The fourth-order valence-electron chi connectivity index (χ4n) is 3.56. The Balaban J connectivity index is 1.35. The molecule has 8 heteroatoms. The van der Waals surface area contributed by atoms with Crippen LogP contribution in [0.2, 0.25) is 0 Å². The summed E-state index contributed by atoms with van der Waals surface area (Å²) in [6.07, 6.45) is 4.36. The topological polar surface area (TPSA) is 62.1 Å². The Morgan fingerprint density at radius 2 is 2.08 bits per heavy atom. The minimum Gasteiger partial charge on any atom is -0.354 e. The van der Waals surface area contributed by atoms with Gasteiger partial charge in [-0.15, -0.1) is 21.5 Å². The van der Waals surface area contributed by atoms with Crippen molar-refractivity contribution >= 4 is 16.5 Å². The van der Waals surface area contributed by atoms with E-state index in [1.54, 1.807) is 11.3 Å². The molecule has 0 amide bonds. The van der Waals surface area contributed by atoms with Crippen molar-refractivity contribution in [2.45, 2.75) is 38.4 Å². The number of anilines is 1. The number of thiazole rings is 1. The van der Waals surface area contributed by atoms with Crippen LogP contribution in [0.3, 0.4) is 0 Å². The second kappa shape index (κ2) is 6.78. The van der Waals surface area contributed by atoms with Crippen molar-refractivity contribution in [2.75, 3.05) is 38.6 Å². The van der Waals surface area contributed by atoms with E-state index in [4.69, 9.17) is 0 Å². The van der Waals surface area contributed by atoms with E-state index >= 15 is 0 Å². The molecular weight excluding hydrogens is 322 g/mol. The third-order valence-corrected chi connectivity index (χ3v) is 6.06. The van der Waals surface area contributed by atoms with Crippen molar-refractivity contribution in [3.63, 3.8) is 0 Å². The number of hydrogen-bond acceptors (Lipinski definition) is 7. The van der Waals surface area contributed by atoms with Crippen LogP contribution in [-0.2, 0) is 19.6 Å². The average molecular weight is 347 g/mol. The fraction of sp³-hybridized carbons (Fsp3) is 0.688. The van der Waals surface area contributed by atoms with Gasteiger partial charge < -0.3 is 14.8 Å². The zero-order valence-electron chi connectivity index (χ0n) is 14.4. The molecule has 1 N–H and O–H groups in total. The summed E-state index contributed by atoms with van der Waals surface area (Å²) in [5.74, 6) is 2.86. The lowest BCUT2D eigenvalue weighted by Gasteiger charge is -2.31. The number of rotatable bonds is 4. The number of fused-ring (bicyclic) bond motifs is 1.